The van der Waals surface area contributed by atoms with Crippen molar-refractivity contribution >= 4 is 27.1 Å². The lowest BCUT2D eigenvalue weighted by Gasteiger charge is -2.36. The van der Waals surface area contributed by atoms with E-state index in [1.54, 1.807) is 11.4 Å². The molecule has 6 heteroatoms. The molecule has 12 heavy (non-hydrogen) atoms. The molecule has 1 aliphatic heterocycles. The van der Waals surface area contributed by atoms with E-state index in [2.05, 4.69) is 13.2 Å². The normalized spacial score (nSPS) is 34.2. The van der Waals surface area contributed by atoms with Crippen LogP contribution in [0.25, 0.3) is 0 Å². The van der Waals surface area contributed by atoms with Crippen LogP contribution in [0.2, 0.25) is 13.1 Å². The molecule has 1 aliphatic rings. The number of rotatable bonds is 2. The molecule has 1 rings (SSSR count). The molecule has 1 heterocycles. The van der Waals surface area contributed by atoms with Gasteiger partial charge in [-0.05, 0) is 13.1 Å². The van der Waals surface area contributed by atoms with Crippen molar-refractivity contribution in [2.24, 2.45) is 0 Å². The highest BCUT2D eigenvalue weighted by molar-refractivity contribution is 6.84. The van der Waals surface area contributed by atoms with Crippen LogP contribution in [0, 0.1) is 0 Å². The molecule has 0 N–H and O–H groups in total. The Kier molecular flexibility index (Phi) is 3.21. The van der Waals surface area contributed by atoms with E-state index in [-0.39, 0.29) is 0 Å². The summed E-state index contributed by atoms with van der Waals surface area (Å²) in [4.78, 5) is 0. The van der Waals surface area contributed by atoms with Crippen molar-refractivity contribution in [2.45, 2.75) is 13.1 Å². The Morgan fingerprint density at radius 1 is 1.08 bits per heavy atom. The number of hydrogen-bond donors (Lipinski definition) is 0. The molecular weight excluding hydrogens is 204 g/mol. The summed E-state index contributed by atoms with van der Waals surface area (Å²) in [6, 6.07) is 0. The zero-order valence-electron chi connectivity index (χ0n) is 7.45. The first-order chi connectivity index (χ1) is 5.57. The summed E-state index contributed by atoms with van der Waals surface area (Å²) in [5, 5.41) is 0. The van der Waals surface area contributed by atoms with Crippen molar-refractivity contribution < 1.29 is 12.3 Å². The van der Waals surface area contributed by atoms with E-state index in [4.69, 9.17) is 12.3 Å². The van der Waals surface area contributed by atoms with E-state index in [1.165, 1.54) is 0 Å². The molecule has 1 fully saturated rings. The quantitative estimate of drug-likeness (QED) is 0.637. The van der Waals surface area contributed by atoms with Crippen LogP contribution in [0.1, 0.15) is 0 Å². The zero-order chi connectivity index (χ0) is 9.19. The number of hydrogen-bond acceptors (Lipinski definition) is 3. The Labute approximate surface area is 77.6 Å². The minimum absolute atomic E-state index is 1.61. The van der Waals surface area contributed by atoms with E-state index in [0.717, 1.165) is 0 Å². The molecule has 0 radical (unpaired) electrons. The summed E-state index contributed by atoms with van der Waals surface area (Å²) >= 11 is 0. The third-order valence-corrected chi connectivity index (χ3v) is 10.8. The van der Waals surface area contributed by atoms with Gasteiger partial charge in [0.25, 0.3) is 0 Å². The first kappa shape index (κ1) is 10.1. The van der Waals surface area contributed by atoms with Crippen LogP contribution < -0.4 is 0 Å². The van der Waals surface area contributed by atoms with Crippen LogP contribution in [0.3, 0.4) is 0 Å². The van der Waals surface area contributed by atoms with Crippen molar-refractivity contribution in [3.63, 3.8) is 0 Å². The lowest BCUT2D eigenvalue weighted by atomic mass is 11.3. The van der Waals surface area contributed by atoms with Gasteiger partial charge in [0, 0.05) is 0 Å². The minimum Gasteiger partial charge on any atom is -0.415 e. The minimum atomic E-state index is -1.90. The smallest absolute Gasteiger partial charge is 0.330 e. The van der Waals surface area contributed by atoms with Gasteiger partial charge < -0.3 is 12.3 Å². The molecule has 0 saturated carbocycles. The van der Waals surface area contributed by atoms with Crippen LogP contribution in [0.5, 0.6) is 0 Å². The maximum Gasteiger partial charge on any atom is 0.330 e. The molecule has 0 amide bonds. The highest BCUT2D eigenvalue weighted by atomic mass is 28.5. The second kappa shape index (κ2) is 3.81. The van der Waals surface area contributed by atoms with Gasteiger partial charge in [0.1, 0.15) is 0 Å². The maximum atomic E-state index is 5.66. The van der Waals surface area contributed by atoms with Crippen LogP contribution in [-0.4, -0.2) is 27.1 Å². The van der Waals surface area contributed by atoms with Crippen molar-refractivity contribution in [3.8, 4) is 0 Å². The van der Waals surface area contributed by atoms with Crippen molar-refractivity contribution in [1.29, 1.82) is 0 Å². The van der Waals surface area contributed by atoms with Gasteiger partial charge in [0.05, 0.1) is 0 Å². The van der Waals surface area contributed by atoms with Crippen molar-refractivity contribution in [2.75, 3.05) is 0 Å². The van der Waals surface area contributed by atoms with Gasteiger partial charge in [0.2, 0.25) is 0 Å². The predicted molar refractivity (Wildman–Crippen MR) is 55.4 cm³/mol. The lowest BCUT2D eigenvalue weighted by Crippen LogP contribution is -2.53. The molecule has 0 aromatic carbocycles. The Hall–Kier alpha value is 0.0106. The second-order valence-corrected chi connectivity index (χ2v) is 11.2. The molecule has 2 unspecified atom stereocenters. The Bertz CT molecular complexity index is 176. The summed E-state index contributed by atoms with van der Waals surface area (Å²) in [5.74, 6) is 0. The summed E-state index contributed by atoms with van der Waals surface area (Å²) < 4.78 is 16.9. The maximum absolute atomic E-state index is 5.66. The summed E-state index contributed by atoms with van der Waals surface area (Å²) in [5.41, 5.74) is 3.58. The zero-order valence-corrected chi connectivity index (χ0v) is 10.8. The Balaban J connectivity index is 2.64. The van der Waals surface area contributed by atoms with Gasteiger partial charge in [-0.3, -0.25) is 0 Å². The molecular formula is C6H14O3Si3. The first-order valence-electron chi connectivity index (χ1n) is 3.83. The van der Waals surface area contributed by atoms with Crippen LogP contribution in [-0.2, 0) is 12.3 Å². The van der Waals surface area contributed by atoms with E-state index >= 15 is 0 Å². The lowest BCUT2D eigenvalue weighted by molar-refractivity contribution is 0.282. The van der Waals surface area contributed by atoms with E-state index < -0.39 is 27.1 Å². The monoisotopic (exact) mass is 218 g/mol. The van der Waals surface area contributed by atoms with Crippen LogP contribution >= 0.6 is 0 Å². The molecule has 68 valence electrons. The molecule has 0 aromatic heterocycles. The summed E-state index contributed by atoms with van der Waals surface area (Å²) in [6.07, 6.45) is 0. The highest BCUT2D eigenvalue weighted by Crippen LogP contribution is 2.17. The SMILES string of the molecule is C=C[SiH]1O[SiH](C=C)O[Si](C)(C)O1. The molecule has 0 aromatic rings. The van der Waals surface area contributed by atoms with Gasteiger partial charge >= 0.3 is 27.1 Å². The fourth-order valence-electron chi connectivity index (χ4n) is 0.982. The summed E-state index contributed by atoms with van der Waals surface area (Å²) in [6.45, 7) is 11.4. The fraction of sp³-hybridized carbons (Fsp3) is 0.333. The molecule has 0 bridgehead atoms. The standard InChI is InChI=1S/C6H14O3Si3/c1-5-10-7-11(6-2)9-12(3,4)8-10/h5-6,10-11H,1-2H2,3-4H3. The largest absolute Gasteiger partial charge is 0.415 e. The fourth-order valence-corrected chi connectivity index (χ4v) is 10.3. The van der Waals surface area contributed by atoms with Crippen LogP contribution in [0.15, 0.2) is 24.6 Å². The van der Waals surface area contributed by atoms with Gasteiger partial charge in [-0.1, -0.05) is 11.4 Å². The average molecular weight is 218 g/mol. The van der Waals surface area contributed by atoms with Gasteiger partial charge in [-0.2, -0.15) is 0 Å². The van der Waals surface area contributed by atoms with Gasteiger partial charge in [-0.15, -0.1) is 13.2 Å². The Morgan fingerprint density at radius 2 is 1.50 bits per heavy atom. The third kappa shape index (κ3) is 2.51. The highest BCUT2D eigenvalue weighted by Gasteiger charge is 2.38. The average Bonchev–Trinajstić information content (AvgIpc) is 2.01. The van der Waals surface area contributed by atoms with E-state index in [1.807, 2.05) is 13.1 Å². The van der Waals surface area contributed by atoms with Gasteiger partial charge in [0.15, 0.2) is 0 Å². The predicted octanol–water partition coefficient (Wildman–Crippen LogP) is 0.643. The van der Waals surface area contributed by atoms with Crippen LogP contribution in [0.4, 0.5) is 0 Å². The topological polar surface area (TPSA) is 27.7 Å². The Morgan fingerprint density at radius 3 is 1.83 bits per heavy atom. The van der Waals surface area contributed by atoms with E-state index in [9.17, 15) is 0 Å². The van der Waals surface area contributed by atoms with Crippen molar-refractivity contribution in [3.05, 3.63) is 24.6 Å². The molecule has 0 spiro atoms. The second-order valence-electron chi connectivity index (χ2n) is 2.98. The summed E-state index contributed by atoms with van der Waals surface area (Å²) in [7, 11) is -5.13. The molecule has 2 atom stereocenters. The molecule has 0 aliphatic carbocycles. The molecule has 3 nitrogen and oxygen atoms in total. The van der Waals surface area contributed by atoms with Crippen molar-refractivity contribution in [1.82, 2.24) is 0 Å². The van der Waals surface area contributed by atoms with Gasteiger partial charge in [-0.25, -0.2) is 0 Å². The van der Waals surface area contributed by atoms with E-state index in [0.29, 0.717) is 0 Å². The first-order valence-corrected chi connectivity index (χ1v) is 9.87. The molecule has 1 saturated heterocycles. The third-order valence-electron chi connectivity index (χ3n) is 1.45.